The lowest BCUT2D eigenvalue weighted by Gasteiger charge is -2.14. The summed E-state index contributed by atoms with van der Waals surface area (Å²) in [4.78, 5) is 17.0. The standard InChI is InChI=1S/C87H53N7O/c1-4-20-54(21-5-1)63-26-10-11-31-68(63)85-88-86(93-77-34-18-14-29-66(77)71-50-57(38-44-80(71)93)60-41-47-84-74(53-60)67-30-15-19-35-83(67)95-84)90-87(89-85)94-81-45-39-58(55-36-42-78-69(48-55)64-27-12-16-32-75(64)91(78)61-22-6-2-7-23-61)51-72(81)73-52-59(40-46-82(73)94)56-37-43-79-70(49-56)65-28-13-17-33-76(65)92(79)62-24-8-3-9-25-62/h1-53H. The molecule has 0 atom stereocenters. The molecule has 0 N–H and O–H groups in total. The number of para-hydroxylation sites is 6. The van der Waals surface area contributed by atoms with E-state index >= 15 is 0 Å². The Morgan fingerprint density at radius 3 is 0.979 bits per heavy atom. The van der Waals surface area contributed by atoms with Gasteiger partial charge in [0.2, 0.25) is 11.9 Å². The highest BCUT2D eigenvalue weighted by Gasteiger charge is 2.25. The summed E-state index contributed by atoms with van der Waals surface area (Å²) < 4.78 is 15.5. The highest BCUT2D eigenvalue weighted by atomic mass is 16.3. The molecule has 0 radical (unpaired) electrons. The summed E-state index contributed by atoms with van der Waals surface area (Å²) in [5, 5.41) is 11.3. The second-order valence-corrected chi connectivity index (χ2v) is 24.7. The molecule has 8 heteroatoms. The Balaban J connectivity index is 0.821. The van der Waals surface area contributed by atoms with E-state index < -0.39 is 0 Å². The van der Waals surface area contributed by atoms with E-state index in [0.717, 1.165) is 138 Å². The van der Waals surface area contributed by atoms with Crippen molar-refractivity contribution < 1.29 is 4.42 Å². The molecular formula is C87H53N7O. The summed E-state index contributed by atoms with van der Waals surface area (Å²) in [6.45, 7) is 0. The van der Waals surface area contributed by atoms with Gasteiger partial charge in [0, 0.05) is 70.8 Å². The molecule has 0 saturated carbocycles. The zero-order valence-electron chi connectivity index (χ0n) is 51.1. The van der Waals surface area contributed by atoms with Gasteiger partial charge in [0.05, 0.1) is 44.1 Å². The fourth-order valence-electron chi connectivity index (χ4n) is 15.1. The summed E-state index contributed by atoms with van der Waals surface area (Å²) >= 11 is 0. The number of hydrogen-bond acceptors (Lipinski definition) is 4. The van der Waals surface area contributed by atoms with Crippen LogP contribution in [0.2, 0.25) is 0 Å². The Labute approximate surface area is 544 Å². The van der Waals surface area contributed by atoms with Crippen LogP contribution in [0.25, 0.3) is 188 Å². The number of rotatable bonds is 9. The number of benzene rings is 14. The molecule has 0 aliphatic heterocycles. The third-order valence-electron chi connectivity index (χ3n) is 19.5. The van der Waals surface area contributed by atoms with E-state index in [-0.39, 0.29) is 0 Å². The molecule has 0 fully saturated rings. The molecule has 14 aromatic carbocycles. The maximum atomic E-state index is 6.28. The first-order chi connectivity index (χ1) is 47.1. The zero-order chi connectivity index (χ0) is 62.2. The first-order valence-corrected chi connectivity index (χ1v) is 32.2. The minimum absolute atomic E-state index is 0.502. The third kappa shape index (κ3) is 8.24. The van der Waals surface area contributed by atoms with Crippen LogP contribution in [-0.2, 0) is 0 Å². The largest absolute Gasteiger partial charge is 0.456 e. The maximum Gasteiger partial charge on any atom is 0.240 e. The molecule has 0 aliphatic carbocycles. The zero-order valence-corrected chi connectivity index (χ0v) is 51.1. The predicted octanol–water partition coefficient (Wildman–Crippen LogP) is 22.5. The molecule has 6 aromatic heterocycles. The molecule has 95 heavy (non-hydrogen) atoms. The van der Waals surface area contributed by atoms with Crippen molar-refractivity contribution in [2.24, 2.45) is 0 Å². The molecular weight excluding hydrogens is 1160 g/mol. The van der Waals surface area contributed by atoms with Gasteiger partial charge in [-0.15, -0.1) is 0 Å². The predicted molar refractivity (Wildman–Crippen MR) is 392 cm³/mol. The van der Waals surface area contributed by atoms with E-state index in [2.05, 4.69) is 328 Å². The van der Waals surface area contributed by atoms with Crippen LogP contribution in [0.1, 0.15) is 0 Å². The summed E-state index contributed by atoms with van der Waals surface area (Å²) in [6, 6.07) is 116. The molecule has 8 nitrogen and oxygen atoms in total. The molecule has 20 aromatic rings. The van der Waals surface area contributed by atoms with Crippen LogP contribution in [0.3, 0.4) is 0 Å². The van der Waals surface area contributed by atoms with E-state index in [4.69, 9.17) is 19.4 Å². The molecule has 0 bridgehead atoms. The van der Waals surface area contributed by atoms with Crippen LogP contribution in [0.5, 0.6) is 0 Å². The van der Waals surface area contributed by atoms with Gasteiger partial charge in [-0.2, -0.15) is 15.0 Å². The molecule has 6 heterocycles. The van der Waals surface area contributed by atoms with Gasteiger partial charge in [0.1, 0.15) is 11.2 Å². The van der Waals surface area contributed by atoms with E-state index in [9.17, 15) is 0 Å². The van der Waals surface area contributed by atoms with E-state index in [0.29, 0.717) is 17.7 Å². The molecule has 0 saturated heterocycles. The second-order valence-electron chi connectivity index (χ2n) is 24.7. The van der Waals surface area contributed by atoms with Crippen molar-refractivity contribution >= 4 is 109 Å². The Morgan fingerprint density at radius 1 is 0.200 bits per heavy atom. The highest BCUT2D eigenvalue weighted by molar-refractivity contribution is 6.16. The Bertz CT molecular complexity index is 6310. The van der Waals surface area contributed by atoms with Crippen LogP contribution in [0, 0.1) is 0 Å². The number of furan rings is 1. The Hall–Kier alpha value is -12.9. The van der Waals surface area contributed by atoms with Gasteiger partial charge in [0.15, 0.2) is 5.82 Å². The van der Waals surface area contributed by atoms with Crippen molar-refractivity contribution in [3.63, 3.8) is 0 Å². The summed E-state index contributed by atoms with van der Waals surface area (Å²) in [7, 11) is 0. The lowest BCUT2D eigenvalue weighted by Crippen LogP contribution is -2.10. The van der Waals surface area contributed by atoms with Crippen LogP contribution in [0.4, 0.5) is 0 Å². The quantitative estimate of drug-likeness (QED) is 0.144. The van der Waals surface area contributed by atoms with Crippen LogP contribution < -0.4 is 0 Å². The molecule has 0 aliphatic rings. The number of nitrogens with zero attached hydrogens (tertiary/aromatic N) is 7. The average molecular weight is 1210 g/mol. The van der Waals surface area contributed by atoms with Crippen molar-refractivity contribution in [2.75, 3.05) is 0 Å². The minimum atomic E-state index is 0.502. The number of fused-ring (bicyclic) bond motifs is 15. The van der Waals surface area contributed by atoms with Gasteiger partial charge in [-0.3, -0.25) is 9.13 Å². The monoisotopic (exact) mass is 1210 g/mol. The lowest BCUT2D eigenvalue weighted by molar-refractivity contribution is 0.669. The second kappa shape index (κ2) is 20.8. The van der Waals surface area contributed by atoms with Crippen molar-refractivity contribution in [1.29, 1.82) is 0 Å². The maximum absolute atomic E-state index is 6.28. The van der Waals surface area contributed by atoms with E-state index in [1.165, 1.54) is 32.6 Å². The SMILES string of the molecule is c1ccc(-c2ccccc2-c2nc(-n3c4ccccc4c4cc(-c5ccc6oc7ccccc7c6c5)ccc43)nc(-n3c4ccc(-c5ccc6c(c5)c5ccccc5n6-c5ccccc5)cc4c4cc(-c5ccc6c(c5)c5ccccc5n6-c5ccccc5)ccc43)n2)cc1. The van der Waals surface area contributed by atoms with Crippen molar-refractivity contribution in [3.05, 3.63) is 322 Å². The summed E-state index contributed by atoms with van der Waals surface area (Å²) in [5.74, 6) is 1.57. The van der Waals surface area contributed by atoms with Crippen LogP contribution in [0.15, 0.2) is 326 Å². The normalized spacial score (nSPS) is 12.0. The highest BCUT2D eigenvalue weighted by Crippen LogP contribution is 2.44. The van der Waals surface area contributed by atoms with E-state index in [1.54, 1.807) is 0 Å². The first kappa shape index (κ1) is 52.8. The molecule has 0 spiro atoms. The third-order valence-corrected chi connectivity index (χ3v) is 19.5. The van der Waals surface area contributed by atoms with Gasteiger partial charge in [-0.1, -0.05) is 200 Å². The van der Waals surface area contributed by atoms with Gasteiger partial charge in [-0.25, -0.2) is 0 Å². The molecule has 442 valence electrons. The van der Waals surface area contributed by atoms with Gasteiger partial charge in [0.25, 0.3) is 0 Å². The minimum Gasteiger partial charge on any atom is -0.456 e. The van der Waals surface area contributed by atoms with E-state index in [1.807, 2.05) is 12.1 Å². The van der Waals surface area contributed by atoms with Crippen LogP contribution >= 0.6 is 0 Å². The Morgan fingerprint density at radius 2 is 0.516 bits per heavy atom. The van der Waals surface area contributed by atoms with Crippen LogP contribution in [-0.4, -0.2) is 33.2 Å². The number of aromatic nitrogens is 7. The summed E-state index contributed by atoms with van der Waals surface area (Å²) in [5.41, 5.74) is 22.2. The fraction of sp³-hybridized carbons (Fsp3) is 0. The molecule has 0 unspecified atom stereocenters. The topological polar surface area (TPSA) is 71.5 Å². The summed E-state index contributed by atoms with van der Waals surface area (Å²) in [6.07, 6.45) is 0. The van der Waals surface area contributed by atoms with Gasteiger partial charge >= 0.3 is 0 Å². The molecule has 0 amide bonds. The van der Waals surface area contributed by atoms with Crippen molar-refractivity contribution in [2.45, 2.75) is 0 Å². The fourth-order valence-corrected chi connectivity index (χ4v) is 15.1. The smallest absolute Gasteiger partial charge is 0.240 e. The average Bonchev–Trinajstić information content (AvgIpc) is 1.60. The van der Waals surface area contributed by atoms with Gasteiger partial charge < -0.3 is 13.6 Å². The lowest BCUT2D eigenvalue weighted by atomic mass is 9.98. The van der Waals surface area contributed by atoms with Crippen molar-refractivity contribution in [1.82, 2.24) is 33.2 Å². The molecule has 20 rings (SSSR count). The number of hydrogen-bond donors (Lipinski definition) is 0. The van der Waals surface area contributed by atoms with Gasteiger partial charge in [-0.05, 0) is 166 Å². The van der Waals surface area contributed by atoms with Crippen molar-refractivity contribution in [3.8, 4) is 79.2 Å². The first-order valence-electron chi connectivity index (χ1n) is 32.2. The Kier molecular flexibility index (Phi) is 11.6.